The second-order valence-electron chi connectivity index (χ2n) is 12.4. The maximum atomic E-state index is 12.3. The molecule has 2 aromatic rings. The molecule has 0 radical (unpaired) electrons. The van der Waals surface area contributed by atoms with Crippen LogP contribution in [0.25, 0.3) is 11.2 Å². The van der Waals surface area contributed by atoms with E-state index in [-0.39, 0.29) is 51.7 Å². The Morgan fingerprint density at radius 1 is 1.02 bits per heavy atom. The van der Waals surface area contributed by atoms with Crippen LogP contribution in [0.15, 0.2) is 6.33 Å². The quantitative estimate of drug-likeness (QED) is 0.316. The second kappa shape index (κ2) is 11.7. The van der Waals surface area contributed by atoms with Crippen LogP contribution in [-0.2, 0) is 22.5 Å². The van der Waals surface area contributed by atoms with Crippen LogP contribution in [0.1, 0.15) is 75.5 Å². The molecular formula is C26H44ClN5O6Si2. The largest absolute Gasteiger partial charge is 0.414 e. The van der Waals surface area contributed by atoms with Crippen molar-refractivity contribution in [2.24, 2.45) is 5.92 Å². The third-order valence-corrected chi connectivity index (χ3v) is 18.6. The molecule has 0 spiro atoms. The van der Waals surface area contributed by atoms with Crippen molar-refractivity contribution in [3.63, 3.8) is 0 Å². The van der Waals surface area contributed by atoms with Crippen molar-refractivity contribution >= 4 is 51.7 Å². The van der Waals surface area contributed by atoms with Crippen LogP contribution in [0.2, 0.25) is 27.3 Å². The molecule has 2 N–H and O–H groups in total. The lowest BCUT2D eigenvalue weighted by molar-refractivity contribution is -0.118. The first-order valence-corrected chi connectivity index (χ1v) is 18.5. The third kappa shape index (κ3) is 5.39. The van der Waals surface area contributed by atoms with Gasteiger partial charge in [0.15, 0.2) is 17.0 Å². The van der Waals surface area contributed by atoms with Crippen LogP contribution < -0.4 is 5.32 Å². The summed E-state index contributed by atoms with van der Waals surface area (Å²) in [4.78, 5) is 25.4. The number of aliphatic hydroxyl groups excluding tert-OH is 1. The van der Waals surface area contributed by atoms with Gasteiger partial charge in [0.25, 0.3) is 0 Å². The van der Waals surface area contributed by atoms with Gasteiger partial charge in [-0.3, -0.25) is 14.7 Å². The maximum Gasteiger partial charge on any atom is 0.335 e. The lowest BCUT2D eigenvalue weighted by Gasteiger charge is -2.51. The van der Waals surface area contributed by atoms with E-state index in [1.807, 2.05) is 0 Å². The van der Waals surface area contributed by atoms with Crippen LogP contribution >= 0.6 is 11.6 Å². The smallest absolute Gasteiger partial charge is 0.335 e. The van der Waals surface area contributed by atoms with Gasteiger partial charge in [0.1, 0.15) is 23.8 Å². The highest BCUT2D eigenvalue weighted by Gasteiger charge is 2.61. The zero-order chi connectivity index (χ0) is 29.7. The van der Waals surface area contributed by atoms with Gasteiger partial charge in [0.2, 0.25) is 11.9 Å². The van der Waals surface area contributed by atoms with E-state index in [0.29, 0.717) is 11.2 Å². The van der Waals surface area contributed by atoms with E-state index in [1.165, 1.54) is 6.33 Å². The number of aromatic nitrogens is 4. The molecule has 2 aromatic heterocycles. The van der Waals surface area contributed by atoms with Crippen LogP contribution in [0.4, 0.5) is 5.95 Å². The molecule has 2 fully saturated rings. The Hall–Kier alpha value is -1.46. The number of nitrogens with one attached hydrogen (secondary N) is 1. The van der Waals surface area contributed by atoms with Gasteiger partial charge in [-0.2, -0.15) is 9.97 Å². The lowest BCUT2D eigenvalue weighted by atomic mass is 10.1. The first kappa shape index (κ1) is 31.5. The number of hydrogen-bond donors (Lipinski definition) is 2. The lowest BCUT2D eigenvalue weighted by Crippen LogP contribution is -2.65. The van der Waals surface area contributed by atoms with Crippen molar-refractivity contribution in [2.45, 2.75) is 116 Å². The predicted molar refractivity (Wildman–Crippen MR) is 158 cm³/mol. The first-order chi connectivity index (χ1) is 18.6. The molecule has 0 bridgehead atoms. The minimum absolute atomic E-state index is 0.0557. The molecule has 0 aliphatic carbocycles. The van der Waals surface area contributed by atoms with Crippen molar-refractivity contribution in [3.8, 4) is 0 Å². The summed E-state index contributed by atoms with van der Waals surface area (Å²) >= 11 is 6.41. The highest BCUT2D eigenvalue weighted by Crippen LogP contribution is 2.48. The van der Waals surface area contributed by atoms with Crippen LogP contribution in [-0.4, -0.2) is 72.6 Å². The van der Waals surface area contributed by atoms with E-state index in [4.69, 9.17) is 29.3 Å². The monoisotopic (exact) mass is 613 g/mol. The normalized spacial score (nSPS) is 26.6. The van der Waals surface area contributed by atoms with Crippen LogP contribution in [0.5, 0.6) is 0 Å². The molecule has 14 heteroatoms. The molecule has 4 heterocycles. The van der Waals surface area contributed by atoms with Gasteiger partial charge in [0.05, 0.1) is 12.9 Å². The van der Waals surface area contributed by atoms with E-state index in [0.717, 1.165) is 0 Å². The number of carbonyl (C=O) groups excluding carboxylic acids is 1. The molecule has 2 aliphatic heterocycles. The molecule has 4 rings (SSSR count). The molecule has 0 saturated carbocycles. The summed E-state index contributed by atoms with van der Waals surface area (Å²) in [5.74, 6) is -0.452. The number of halogens is 1. The second-order valence-corrected chi connectivity index (χ2v) is 21.6. The standard InChI is InChI=1S/C26H44ClN5O6Si2/c1-13(2)24(34)31-26-29-22(27)19-23(30-26)32(12-28-19)25-20(33)21-18(36-25)11-35-39(14(3)4,15(5)6)38-40(37-21,16(7)8)17(9)10/h12-18,20-21,25,33H,11H2,1-10H3,(H,29,30,31,34)/t18?,20-,21-,25-/m1/s1. The molecule has 2 aliphatic rings. The van der Waals surface area contributed by atoms with E-state index in [1.54, 1.807) is 18.4 Å². The zero-order valence-corrected chi connectivity index (χ0v) is 27.9. The molecule has 11 nitrogen and oxygen atoms in total. The fourth-order valence-electron chi connectivity index (χ4n) is 5.75. The predicted octanol–water partition coefficient (Wildman–Crippen LogP) is 5.29. The SMILES string of the molecule is CC(C)C(=O)Nc1nc(Cl)c2ncn([C@@H]3OC4CO[Si](C(C)C)(C(C)C)O[Si](C(C)C)(C(C)C)O[C@H]4[C@H]3O)c2n1. The molecule has 224 valence electrons. The highest BCUT2D eigenvalue weighted by atomic mass is 35.5. The summed E-state index contributed by atoms with van der Waals surface area (Å²) in [5, 5.41) is 14.5. The van der Waals surface area contributed by atoms with Gasteiger partial charge in [-0.1, -0.05) is 80.8 Å². The summed E-state index contributed by atoms with van der Waals surface area (Å²) in [7, 11) is -5.70. The number of carbonyl (C=O) groups is 1. The average Bonchev–Trinajstić information content (AvgIpc) is 3.39. The number of rotatable bonds is 7. The molecule has 40 heavy (non-hydrogen) atoms. The maximum absolute atomic E-state index is 12.3. The molecule has 2 saturated heterocycles. The van der Waals surface area contributed by atoms with Gasteiger partial charge >= 0.3 is 17.1 Å². The third-order valence-electron chi connectivity index (χ3n) is 8.05. The Morgan fingerprint density at radius 2 is 1.62 bits per heavy atom. The molecular weight excluding hydrogens is 570 g/mol. The number of anilines is 1. The van der Waals surface area contributed by atoms with Gasteiger partial charge in [-0.15, -0.1) is 0 Å². The van der Waals surface area contributed by atoms with Gasteiger partial charge in [-0.25, -0.2) is 4.98 Å². The Labute approximate surface area is 243 Å². The molecule has 1 unspecified atom stereocenters. The van der Waals surface area contributed by atoms with Crippen molar-refractivity contribution in [1.29, 1.82) is 0 Å². The molecule has 1 amide bonds. The van der Waals surface area contributed by atoms with Crippen LogP contribution in [0.3, 0.4) is 0 Å². The van der Waals surface area contributed by atoms with Crippen molar-refractivity contribution in [2.75, 3.05) is 11.9 Å². The highest BCUT2D eigenvalue weighted by molar-refractivity contribution is 6.84. The summed E-state index contributed by atoms with van der Waals surface area (Å²) in [6.45, 7) is 21.0. The van der Waals surface area contributed by atoms with Crippen LogP contribution in [0, 0.1) is 5.92 Å². The van der Waals surface area contributed by atoms with Gasteiger partial charge < -0.3 is 22.8 Å². The number of nitrogens with zero attached hydrogens (tertiary/aromatic N) is 4. The van der Waals surface area contributed by atoms with E-state index in [9.17, 15) is 9.90 Å². The minimum Gasteiger partial charge on any atom is -0.414 e. The van der Waals surface area contributed by atoms with E-state index in [2.05, 4.69) is 75.7 Å². The van der Waals surface area contributed by atoms with Gasteiger partial charge in [0, 0.05) is 5.92 Å². The number of hydrogen-bond acceptors (Lipinski definition) is 9. The number of fused-ring (bicyclic) bond motifs is 2. The Balaban J connectivity index is 1.76. The van der Waals surface area contributed by atoms with Gasteiger partial charge in [-0.05, 0) is 22.2 Å². The fraction of sp³-hybridized carbons (Fsp3) is 0.769. The number of imidazole rings is 1. The summed E-state index contributed by atoms with van der Waals surface area (Å²) in [6, 6.07) is 0. The number of amides is 1. The fourth-order valence-corrected chi connectivity index (χ4v) is 17.2. The van der Waals surface area contributed by atoms with Crippen molar-refractivity contribution < 1.29 is 27.6 Å². The summed E-state index contributed by atoms with van der Waals surface area (Å²) in [5.41, 5.74) is 1.27. The summed E-state index contributed by atoms with van der Waals surface area (Å²) in [6.07, 6.45) is -1.63. The topological polar surface area (TPSA) is 130 Å². The zero-order valence-electron chi connectivity index (χ0n) is 25.1. The Kier molecular flexibility index (Phi) is 9.18. The Bertz CT molecular complexity index is 1210. The molecule has 4 atom stereocenters. The van der Waals surface area contributed by atoms with E-state index >= 15 is 0 Å². The summed E-state index contributed by atoms with van der Waals surface area (Å²) < 4.78 is 29.1. The Morgan fingerprint density at radius 3 is 2.17 bits per heavy atom. The minimum atomic E-state index is -2.95. The molecule has 0 aromatic carbocycles. The first-order valence-electron chi connectivity index (χ1n) is 14.2. The number of aliphatic hydroxyl groups is 1. The number of ether oxygens (including phenoxy) is 1. The van der Waals surface area contributed by atoms with E-state index < -0.39 is 41.7 Å². The van der Waals surface area contributed by atoms with Crippen molar-refractivity contribution in [1.82, 2.24) is 19.5 Å². The van der Waals surface area contributed by atoms with Crippen molar-refractivity contribution in [3.05, 3.63) is 11.5 Å². The average molecular weight is 614 g/mol.